The molecule has 0 radical (unpaired) electrons. The zero-order valence-corrected chi connectivity index (χ0v) is 14.0. The second kappa shape index (κ2) is 7.06. The Bertz CT molecular complexity index is 511. The van der Waals surface area contributed by atoms with Gasteiger partial charge >= 0.3 is 0 Å². The van der Waals surface area contributed by atoms with Gasteiger partial charge in [-0.1, -0.05) is 0 Å². The Labute approximate surface area is 135 Å². The maximum atomic E-state index is 11.6. The minimum Gasteiger partial charge on any atom is -0.390 e. The van der Waals surface area contributed by atoms with Gasteiger partial charge < -0.3 is 14.9 Å². The van der Waals surface area contributed by atoms with Crippen molar-refractivity contribution in [3.8, 4) is 0 Å². The lowest BCUT2D eigenvalue weighted by molar-refractivity contribution is -0.129. The molecule has 0 aliphatic carbocycles. The van der Waals surface area contributed by atoms with Crippen molar-refractivity contribution in [2.75, 3.05) is 32.7 Å². The molecule has 1 aromatic heterocycles. The summed E-state index contributed by atoms with van der Waals surface area (Å²) in [7, 11) is 0. The van der Waals surface area contributed by atoms with E-state index in [2.05, 4.69) is 15.3 Å². The molecule has 0 saturated carbocycles. The van der Waals surface area contributed by atoms with Crippen LogP contribution in [0.3, 0.4) is 0 Å². The van der Waals surface area contributed by atoms with Gasteiger partial charge in [0.2, 0.25) is 5.91 Å². The molecule has 2 aliphatic rings. The lowest BCUT2D eigenvalue weighted by Crippen LogP contribution is -2.43. The number of nitrogens with zero attached hydrogens (tertiary/aromatic N) is 3. The van der Waals surface area contributed by atoms with Crippen LogP contribution >= 0.6 is 11.3 Å². The monoisotopic (exact) mass is 323 g/mol. The van der Waals surface area contributed by atoms with Gasteiger partial charge in [-0.25, -0.2) is 4.98 Å². The van der Waals surface area contributed by atoms with Crippen LogP contribution in [0.4, 0.5) is 0 Å². The van der Waals surface area contributed by atoms with E-state index in [1.807, 2.05) is 6.92 Å². The molecule has 3 rings (SSSR count). The Morgan fingerprint density at radius 2 is 2.14 bits per heavy atom. The highest BCUT2D eigenvalue weighted by Crippen LogP contribution is 2.30. The number of aromatic nitrogens is 1. The van der Waals surface area contributed by atoms with Crippen molar-refractivity contribution in [2.24, 2.45) is 0 Å². The van der Waals surface area contributed by atoms with Crippen molar-refractivity contribution < 1.29 is 9.90 Å². The molecule has 1 atom stereocenters. The number of carbonyl (C=O) groups is 1. The summed E-state index contributed by atoms with van der Waals surface area (Å²) in [6, 6.07) is 0. The first-order valence-corrected chi connectivity index (χ1v) is 9.10. The first kappa shape index (κ1) is 15.9. The highest BCUT2D eigenvalue weighted by molar-refractivity contribution is 7.09. The Morgan fingerprint density at radius 3 is 2.73 bits per heavy atom. The molecule has 122 valence electrons. The van der Waals surface area contributed by atoms with Crippen LogP contribution in [-0.2, 0) is 4.79 Å². The van der Waals surface area contributed by atoms with Crippen molar-refractivity contribution >= 4 is 17.2 Å². The van der Waals surface area contributed by atoms with Gasteiger partial charge in [-0.15, -0.1) is 11.3 Å². The Kier molecular flexibility index (Phi) is 5.10. The van der Waals surface area contributed by atoms with E-state index in [1.165, 1.54) is 5.01 Å². The van der Waals surface area contributed by atoms with Crippen molar-refractivity contribution in [3.63, 3.8) is 0 Å². The van der Waals surface area contributed by atoms with Gasteiger partial charge in [0.25, 0.3) is 0 Å². The number of hydrogen-bond acceptors (Lipinski definition) is 5. The molecule has 2 saturated heterocycles. The number of likely N-dealkylation sites (tertiary alicyclic amines) is 2. The zero-order chi connectivity index (χ0) is 15.5. The van der Waals surface area contributed by atoms with Crippen molar-refractivity contribution in [3.05, 3.63) is 16.1 Å². The molecular formula is C16H25N3O2S. The average Bonchev–Trinajstić information content (AvgIpc) is 3.09. The standard InChI is InChI=1S/C16H25N3O2S/c1-12-11-22-16(17-12)13-4-7-18(8-5-13)9-14(20)10-19-6-2-3-15(19)21/h11,13-14,20H,2-10H2,1H3. The summed E-state index contributed by atoms with van der Waals surface area (Å²) >= 11 is 1.77. The van der Waals surface area contributed by atoms with E-state index in [4.69, 9.17) is 0 Å². The second-order valence-corrected chi connectivity index (χ2v) is 7.39. The zero-order valence-electron chi connectivity index (χ0n) is 13.2. The van der Waals surface area contributed by atoms with Crippen LogP contribution in [0.15, 0.2) is 5.38 Å². The van der Waals surface area contributed by atoms with Gasteiger partial charge in [-0.05, 0) is 39.3 Å². The molecule has 5 nitrogen and oxygen atoms in total. The first-order chi connectivity index (χ1) is 10.6. The number of carbonyl (C=O) groups excluding carboxylic acids is 1. The number of aryl methyl sites for hydroxylation is 1. The first-order valence-electron chi connectivity index (χ1n) is 8.22. The molecule has 22 heavy (non-hydrogen) atoms. The number of rotatable bonds is 5. The number of aliphatic hydroxyl groups excluding tert-OH is 1. The molecule has 1 aromatic rings. The highest BCUT2D eigenvalue weighted by atomic mass is 32.1. The summed E-state index contributed by atoms with van der Waals surface area (Å²) in [6.07, 6.45) is 3.38. The normalized spacial score (nSPS) is 22.5. The van der Waals surface area contributed by atoms with Crippen LogP contribution in [0.1, 0.15) is 42.3 Å². The maximum Gasteiger partial charge on any atom is 0.222 e. The lowest BCUT2D eigenvalue weighted by Gasteiger charge is -2.33. The quantitative estimate of drug-likeness (QED) is 0.894. The van der Waals surface area contributed by atoms with Gasteiger partial charge in [0.05, 0.1) is 11.1 Å². The van der Waals surface area contributed by atoms with Crippen LogP contribution in [0.25, 0.3) is 0 Å². The molecule has 0 aromatic carbocycles. The third kappa shape index (κ3) is 3.86. The molecule has 6 heteroatoms. The summed E-state index contributed by atoms with van der Waals surface area (Å²) in [5.41, 5.74) is 1.12. The van der Waals surface area contributed by atoms with Crippen LogP contribution in [0.5, 0.6) is 0 Å². The molecule has 1 unspecified atom stereocenters. The minimum absolute atomic E-state index is 0.192. The number of aliphatic hydroxyl groups is 1. The third-order valence-corrected chi connectivity index (χ3v) is 5.77. The van der Waals surface area contributed by atoms with Crippen LogP contribution in [0, 0.1) is 6.92 Å². The molecule has 0 bridgehead atoms. The number of piperidine rings is 1. The predicted molar refractivity (Wildman–Crippen MR) is 87.1 cm³/mol. The minimum atomic E-state index is -0.430. The fraction of sp³-hybridized carbons (Fsp3) is 0.750. The van der Waals surface area contributed by atoms with E-state index in [1.54, 1.807) is 16.2 Å². The van der Waals surface area contributed by atoms with Crippen molar-refractivity contribution in [1.29, 1.82) is 0 Å². The summed E-state index contributed by atoms with van der Waals surface area (Å²) in [4.78, 5) is 20.3. The molecule has 1 N–H and O–H groups in total. The largest absolute Gasteiger partial charge is 0.390 e. The van der Waals surface area contributed by atoms with E-state index in [-0.39, 0.29) is 5.91 Å². The van der Waals surface area contributed by atoms with Gasteiger partial charge in [0.15, 0.2) is 0 Å². The van der Waals surface area contributed by atoms with Crippen LogP contribution in [-0.4, -0.2) is 64.6 Å². The lowest BCUT2D eigenvalue weighted by atomic mass is 9.97. The van der Waals surface area contributed by atoms with Crippen LogP contribution < -0.4 is 0 Å². The number of amides is 1. The molecule has 0 spiro atoms. The van der Waals surface area contributed by atoms with E-state index in [9.17, 15) is 9.90 Å². The SMILES string of the molecule is Cc1csc(C2CCN(CC(O)CN3CCCC3=O)CC2)n1. The smallest absolute Gasteiger partial charge is 0.222 e. The Balaban J connectivity index is 1.42. The topological polar surface area (TPSA) is 56.7 Å². The van der Waals surface area contributed by atoms with Gasteiger partial charge in [0.1, 0.15) is 0 Å². The van der Waals surface area contributed by atoms with Gasteiger partial charge in [-0.2, -0.15) is 0 Å². The summed E-state index contributed by atoms with van der Waals surface area (Å²) in [5.74, 6) is 0.768. The van der Waals surface area contributed by atoms with E-state index < -0.39 is 6.10 Å². The number of hydrogen-bond donors (Lipinski definition) is 1. The maximum absolute atomic E-state index is 11.6. The Hall–Kier alpha value is -0.980. The van der Waals surface area contributed by atoms with Crippen molar-refractivity contribution in [1.82, 2.24) is 14.8 Å². The number of thiazole rings is 1. The molecule has 2 fully saturated rings. The van der Waals surface area contributed by atoms with Gasteiger partial charge in [-0.3, -0.25) is 4.79 Å². The molecule has 1 amide bonds. The van der Waals surface area contributed by atoms with E-state index in [0.29, 0.717) is 25.4 Å². The fourth-order valence-corrected chi connectivity index (χ4v) is 4.40. The third-order valence-electron chi connectivity index (χ3n) is 4.65. The fourth-order valence-electron chi connectivity index (χ4n) is 3.43. The van der Waals surface area contributed by atoms with Gasteiger partial charge in [0, 0.05) is 43.0 Å². The van der Waals surface area contributed by atoms with E-state index in [0.717, 1.165) is 44.6 Å². The summed E-state index contributed by atoms with van der Waals surface area (Å²) in [6.45, 7) is 6.03. The molecule has 2 aliphatic heterocycles. The van der Waals surface area contributed by atoms with E-state index >= 15 is 0 Å². The predicted octanol–water partition coefficient (Wildman–Crippen LogP) is 1.61. The van der Waals surface area contributed by atoms with Crippen molar-refractivity contribution in [2.45, 2.75) is 44.6 Å². The van der Waals surface area contributed by atoms with Crippen LogP contribution in [0.2, 0.25) is 0 Å². The second-order valence-electron chi connectivity index (χ2n) is 6.50. The highest BCUT2D eigenvalue weighted by Gasteiger charge is 2.26. The number of β-amino-alcohol motifs (C(OH)–C–C–N with tert-alkyl or cyclic N) is 1. The summed E-state index contributed by atoms with van der Waals surface area (Å²) in [5, 5.41) is 13.6. The average molecular weight is 323 g/mol. The molecular weight excluding hydrogens is 298 g/mol. The summed E-state index contributed by atoms with van der Waals surface area (Å²) < 4.78 is 0. The molecule has 3 heterocycles. The Morgan fingerprint density at radius 1 is 1.36 bits per heavy atom.